The van der Waals surface area contributed by atoms with Gasteiger partial charge in [-0.2, -0.15) is 0 Å². The highest BCUT2D eigenvalue weighted by Crippen LogP contribution is 2.40. The second kappa shape index (κ2) is 7.07. The third-order valence-electron chi connectivity index (χ3n) is 4.44. The van der Waals surface area contributed by atoms with Crippen LogP contribution < -0.4 is 10.1 Å². The standard InChI is InChI=1S/C17H28N2O/c1-12(2)19-10-14-6-5-13(3)7-17(14)15-8-16(20-4)11-18-9-15/h8-9,11-14,17,19H,5-7,10H2,1-4H3. The second-order valence-electron chi connectivity index (χ2n) is 6.51. The Balaban J connectivity index is 2.13. The average Bonchev–Trinajstić information content (AvgIpc) is 2.46. The first-order valence-corrected chi connectivity index (χ1v) is 7.82. The molecule has 0 radical (unpaired) electrons. The number of nitrogens with one attached hydrogen (secondary N) is 1. The fourth-order valence-corrected chi connectivity index (χ4v) is 3.23. The van der Waals surface area contributed by atoms with Gasteiger partial charge in [0.1, 0.15) is 5.75 Å². The van der Waals surface area contributed by atoms with E-state index in [0.717, 1.165) is 18.2 Å². The normalized spacial score (nSPS) is 26.8. The molecule has 3 unspecified atom stereocenters. The molecular formula is C17H28N2O. The molecule has 1 aromatic heterocycles. The summed E-state index contributed by atoms with van der Waals surface area (Å²) in [5.41, 5.74) is 1.34. The zero-order valence-electron chi connectivity index (χ0n) is 13.2. The first-order valence-electron chi connectivity index (χ1n) is 7.82. The quantitative estimate of drug-likeness (QED) is 0.892. The summed E-state index contributed by atoms with van der Waals surface area (Å²) in [4.78, 5) is 4.34. The minimum Gasteiger partial charge on any atom is -0.495 e. The van der Waals surface area contributed by atoms with Gasteiger partial charge in [-0.05, 0) is 48.8 Å². The zero-order chi connectivity index (χ0) is 14.5. The number of pyridine rings is 1. The summed E-state index contributed by atoms with van der Waals surface area (Å²) in [6.07, 6.45) is 7.73. The molecule has 3 nitrogen and oxygen atoms in total. The van der Waals surface area contributed by atoms with E-state index >= 15 is 0 Å². The van der Waals surface area contributed by atoms with Gasteiger partial charge in [-0.1, -0.05) is 27.2 Å². The van der Waals surface area contributed by atoms with Gasteiger partial charge in [-0.15, -0.1) is 0 Å². The number of ether oxygens (including phenoxy) is 1. The van der Waals surface area contributed by atoms with Crippen molar-refractivity contribution in [1.82, 2.24) is 10.3 Å². The van der Waals surface area contributed by atoms with Gasteiger partial charge in [0.25, 0.3) is 0 Å². The molecule has 1 N–H and O–H groups in total. The summed E-state index contributed by atoms with van der Waals surface area (Å²) in [5.74, 6) is 2.99. The molecule has 0 aliphatic heterocycles. The molecule has 20 heavy (non-hydrogen) atoms. The van der Waals surface area contributed by atoms with Crippen LogP contribution in [0.4, 0.5) is 0 Å². The molecule has 0 saturated heterocycles. The third kappa shape index (κ3) is 3.95. The van der Waals surface area contributed by atoms with Gasteiger partial charge in [0.2, 0.25) is 0 Å². The molecule has 3 atom stereocenters. The molecule has 1 heterocycles. The molecule has 3 heteroatoms. The maximum absolute atomic E-state index is 5.33. The van der Waals surface area contributed by atoms with Crippen molar-refractivity contribution in [3.05, 3.63) is 24.0 Å². The number of methoxy groups -OCH3 is 1. The van der Waals surface area contributed by atoms with Crippen LogP contribution in [0, 0.1) is 11.8 Å². The van der Waals surface area contributed by atoms with Gasteiger partial charge < -0.3 is 10.1 Å². The summed E-state index contributed by atoms with van der Waals surface area (Å²) >= 11 is 0. The lowest BCUT2D eigenvalue weighted by atomic mass is 9.72. The number of hydrogen-bond donors (Lipinski definition) is 1. The van der Waals surface area contributed by atoms with E-state index in [2.05, 4.69) is 37.1 Å². The van der Waals surface area contributed by atoms with E-state index in [1.54, 1.807) is 13.3 Å². The van der Waals surface area contributed by atoms with Crippen LogP contribution in [0.2, 0.25) is 0 Å². The highest BCUT2D eigenvalue weighted by molar-refractivity contribution is 5.27. The molecule has 1 fully saturated rings. The van der Waals surface area contributed by atoms with Crippen LogP contribution in [0.1, 0.15) is 51.5 Å². The Labute approximate surface area is 123 Å². The summed E-state index contributed by atoms with van der Waals surface area (Å²) in [6, 6.07) is 2.72. The van der Waals surface area contributed by atoms with Crippen molar-refractivity contribution in [2.24, 2.45) is 11.8 Å². The number of nitrogens with zero attached hydrogens (tertiary/aromatic N) is 1. The lowest BCUT2D eigenvalue weighted by Gasteiger charge is -2.35. The van der Waals surface area contributed by atoms with Gasteiger partial charge in [0.15, 0.2) is 0 Å². The van der Waals surface area contributed by atoms with Crippen LogP contribution in [0.3, 0.4) is 0 Å². The van der Waals surface area contributed by atoms with E-state index in [1.165, 1.54) is 24.8 Å². The largest absolute Gasteiger partial charge is 0.495 e. The van der Waals surface area contributed by atoms with Crippen LogP contribution in [0.15, 0.2) is 18.5 Å². The van der Waals surface area contributed by atoms with Gasteiger partial charge >= 0.3 is 0 Å². The molecule has 112 valence electrons. The Morgan fingerprint density at radius 2 is 2.15 bits per heavy atom. The van der Waals surface area contributed by atoms with Crippen molar-refractivity contribution >= 4 is 0 Å². The summed E-state index contributed by atoms with van der Waals surface area (Å²) in [6.45, 7) is 7.90. The first kappa shape index (κ1) is 15.3. The van der Waals surface area contributed by atoms with Crippen molar-refractivity contribution in [2.45, 2.75) is 52.0 Å². The van der Waals surface area contributed by atoms with Gasteiger partial charge in [0, 0.05) is 12.2 Å². The minimum absolute atomic E-state index is 0.554. The molecular weight excluding hydrogens is 248 g/mol. The highest BCUT2D eigenvalue weighted by Gasteiger charge is 2.30. The van der Waals surface area contributed by atoms with Gasteiger partial charge in [0.05, 0.1) is 13.3 Å². The molecule has 0 aromatic carbocycles. The van der Waals surface area contributed by atoms with Crippen molar-refractivity contribution in [3.8, 4) is 5.75 Å². The minimum atomic E-state index is 0.554. The first-order chi connectivity index (χ1) is 9.60. The smallest absolute Gasteiger partial charge is 0.137 e. The zero-order valence-corrected chi connectivity index (χ0v) is 13.2. The van der Waals surface area contributed by atoms with Crippen molar-refractivity contribution in [3.63, 3.8) is 0 Å². The number of rotatable bonds is 5. The Hall–Kier alpha value is -1.09. The predicted octanol–water partition coefficient (Wildman–Crippen LogP) is 3.61. The summed E-state index contributed by atoms with van der Waals surface area (Å²) < 4.78 is 5.33. The van der Waals surface area contributed by atoms with Crippen molar-refractivity contribution in [2.75, 3.05) is 13.7 Å². The van der Waals surface area contributed by atoms with Crippen LogP contribution in [-0.4, -0.2) is 24.7 Å². The summed E-state index contributed by atoms with van der Waals surface area (Å²) in [5, 5.41) is 3.61. The fraction of sp³-hybridized carbons (Fsp3) is 0.706. The van der Waals surface area contributed by atoms with Gasteiger partial charge in [-0.25, -0.2) is 0 Å². The highest BCUT2D eigenvalue weighted by atomic mass is 16.5. The Bertz CT molecular complexity index is 419. The molecule has 0 spiro atoms. The maximum atomic E-state index is 5.33. The van der Waals surface area contributed by atoms with Crippen LogP contribution >= 0.6 is 0 Å². The van der Waals surface area contributed by atoms with E-state index < -0.39 is 0 Å². The molecule has 2 rings (SSSR count). The van der Waals surface area contributed by atoms with Crippen LogP contribution in [-0.2, 0) is 0 Å². The van der Waals surface area contributed by atoms with Crippen molar-refractivity contribution < 1.29 is 4.74 Å². The molecule has 0 amide bonds. The fourth-order valence-electron chi connectivity index (χ4n) is 3.23. The molecule has 1 aliphatic rings. The van der Waals surface area contributed by atoms with E-state index in [0.29, 0.717) is 17.9 Å². The lowest BCUT2D eigenvalue weighted by Crippen LogP contribution is -2.34. The Morgan fingerprint density at radius 3 is 2.85 bits per heavy atom. The average molecular weight is 276 g/mol. The predicted molar refractivity (Wildman–Crippen MR) is 83.2 cm³/mol. The van der Waals surface area contributed by atoms with E-state index in [4.69, 9.17) is 4.74 Å². The maximum Gasteiger partial charge on any atom is 0.137 e. The molecule has 0 bridgehead atoms. The number of aromatic nitrogens is 1. The lowest BCUT2D eigenvalue weighted by molar-refractivity contribution is 0.237. The van der Waals surface area contributed by atoms with E-state index in [-0.39, 0.29) is 0 Å². The third-order valence-corrected chi connectivity index (χ3v) is 4.44. The van der Waals surface area contributed by atoms with E-state index in [1.807, 2.05) is 6.20 Å². The summed E-state index contributed by atoms with van der Waals surface area (Å²) in [7, 11) is 1.71. The number of hydrogen-bond acceptors (Lipinski definition) is 3. The second-order valence-corrected chi connectivity index (χ2v) is 6.51. The van der Waals surface area contributed by atoms with Gasteiger partial charge in [-0.3, -0.25) is 4.98 Å². The SMILES string of the molecule is COc1cncc(C2CC(C)CCC2CNC(C)C)c1. The monoisotopic (exact) mass is 276 g/mol. The van der Waals surface area contributed by atoms with Crippen LogP contribution in [0.5, 0.6) is 5.75 Å². The molecule has 1 aliphatic carbocycles. The molecule has 1 aromatic rings. The van der Waals surface area contributed by atoms with Crippen LogP contribution in [0.25, 0.3) is 0 Å². The molecule has 1 saturated carbocycles. The topological polar surface area (TPSA) is 34.1 Å². The Kier molecular flexibility index (Phi) is 5.41. The Morgan fingerprint density at radius 1 is 1.35 bits per heavy atom. The van der Waals surface area contributed by atoms with E-state index in [9.17, 15) is 0 Å². The van der Waals surface area contributed by atoms with Crippen molar-refractivity contribution in [1.29, 1.82) is 0 Å².